The number of benzene rings is 2. The quantitative estimate of drug-likeness (QED) is 0.374. The van der Waals surface area contributed by atoms with Gasteiger partial charge in [0.15, 0.2) is 0 Å². The maximum atomic E-state index is 12.8. The minimum Gasteiger partial charge on any atom is -0.357 e. The summed E-state index contributed by atoms with van der Waals surface area (Å²) in [6, 6.07) is 14.5. The lowest BCUT2D eigenvalue weighted by atomic mass is 10.0. The molecule has 5 rings (SSSR count). The van der Waals surface area contributed by atoms with Gasteiger partial charge in [-0.2, -0.15) is 0 Å². The smallest absolute Gasteiger partial charge is 0.222 e. The van der Waals surface area contributed by atoms with Crippen molar-refractivity contribution in [2.75, 3.05) is 6.54 Å². The molecular weight excluding hydrogens is 446 g/mol. The van der Waals surface area contributed by atoms with Crippen molar-refractivity contribution < 1.29 is 4.79 Å². The minimum atomic E-state index is 0.268. The topological polar surface area (TPSA) is 49.0 Å². The van der Waals surface area contributed by atoms with Gasteiger partial charge in [-0.1, -0.05) is 24.3 Å². The van der Waals surface area contributed by atoms with Gasteiger partial charge in [0, 0.05) is 47.0 Å². The monoisotopic (exact) mass is 467 g/mol. The average molecular weight is 468 g/mol. The molecule has 4 aromatic rings. The molecule has 0 bridgehead atoms. The lowest BCUT2D eigenvalue weighted by molar-refractivity contribution is -0.132. The van der Waals surface area contributed by atoms with Gasteiger partial charge >= 0.3 is 0 Å². The summed E-state index contributed by atoms with van der Waals surface area (Å²) in [5, 5.41) is 2.40. The van der Waals surface area contributed by atoms with E-state index in [4.69, 9.17) is 4.98 Å². The van der Waals surface area contributed by atoms with Crippen LogP contribution in [0.15, 0.2) is 46.9 Å². The highest BCUT2D eigenvalue weighted by Crippen LogP contribution is 2.32. The standard InChI is InChI=1S/C23H22BrN3OS/c24-17-7-5-6-15-16-14-27(13-12-18(16)26-23(15)17)22(28)11-4-3-10-21-25-19-8-1-2-9-20(19)29-21/h1-2,5-9,26H,3-4,10-14H2. The number of rotatable bonds is 5. The molecule has 1 aliphatic rings. The van der Waals surface area contributed by atoms with E-state index < -0.39 is 0 Å². The van der Waals surface area contributed by atoms with Crippen LogP contribution in [0.4, 0.5) is 0 Å². The summed E-state index contributed by atoms with van der Waals surface area (Å²) in [5.74, 6) is 0.268. The van der Waals surface area contributed by atoms with E-state index >= 15 is 0 Å². The van der Waals surface area contributed by atoms with Crippen molar-refractivity contribution in [3.63, 3.8) is 0 Å². The zero-order chi connectivity index (χ0) is 19.8. The number of hydrogen-bond donors (Lipinski definition) is 1. The minimum absolute atomic E-state index is 0.268. The first-order chi connectivity index (χ1) is 14.2. The van der Waals surface area contributed by atoms with Crippen molar-refractivity contribution in [2.45, 2.75) is 38.6 Å². The number of para-hydroxylation sites is 2. The molecule has 1 N–H and O–H groups in total. The Balaban J connectivity index is 1.18. The number of aromatic nitrogens is 2. The highest BCUT2D eigenvalue weighted by molar-refractivity contribution is 9.10. The summed E-state index contributed by atoms with van der Waals surface area (Å²) in [6.45, 7) is 1.51. The summed E-state index contributed by atoms with van der Waals surface area (Å²) in [5.41, 5.74) is 4.77. The molecular formula is C23H22BrN3OS. The third-order valence-electron chi connectivity index (χ3n) is 5.68. The van der Waals surface area contributed by atoms with Crippen LogP contribution in [0, 0.1) is 0 Å². The van der Waals surface area contributed by atoms with Gasteiger partial charge in [0.25, 0.3) is 0 Å². The Labute approximate surface area is 182 Å². The van der Waals surface area contributed by atoms with Gasteiger partial charge in [-0.05, 0) is 53.4 Å². The van der Waals surface area contributed by atoms with Gasteiger partial charge in [-0.3, -0.25) is 4.79 Å². The number of nitrogens with one attached hydrogen (secondary N) is 1. The van der Waals surface area contributed by atoms with Crippen molar-refractivity contribution in [1.82, 2.24) is 14.9 Å². The number of thiazole rings is 1. The Hall–Kier alpha value is -2.18. The number of carbonyl (C=O) groups is 1. The Morgan fingerprint density at radius 1 is 1.17 bits per heavy atom. The van der Waals surface area contributed by atoms with Gasteiger partial charge in [0.05, 0.1) is 20.7 Å². The largest absolute Gasteiger partial charge is 0.357 e. The molecule has 29 heavy (non-hydrogen) atoms. The molecule has 1 aliphatic heterocycles. The van der Waals surface area contributed by atoms with E-state index in [1.54, 1.807) is 11.3 Å². The van der Waals surface area contributed by atoms with Crippen LogP contribution in [-0.2, 0) is 24.2 Å². The van der Waals surface area contributed by atoms with E-state index in [1.807, 2.05) is 11.0 Å². The predicted molar refractivity (Wildman–Crippen MR) is 122 cm³/mol. The zero-order valence-electron chi connectivity index (χ0n) is 16.1. The maximum absolute atomic E-state index is 12.8. The highest BCUT2D eigenvalue weighted by Gasteiger charge is 2.24. The molecule has 2 aromatic carbocycles. The number of unbranched alkanes of at least 4 members (excludes halogenated alkanes) is 1. The van der Waals surface area contributed by atoms with Crippen molar-refractivity contribution in [3.8, 4) is 0 Å². The van der Waals surface area contributed by atoms with Crippen LogP contribution in [-0.4, -0.2) is 27.3 Å². The molecule has 0 unspecified atom stereocenters. The number of nitrogens with zero attached hydrogens (tertiary/aromatic N) is 2. The molecule has 0 saturated heterocycles. The number of hydrogen-bond acceptors (Lipinski definition) is 3. The second-order valence-electron chi connectivity index (χ2n) is 7.59. The van der Waals surface area contributed by atoms with Crippen LogP contribution < -0.4 is 0 Å². The first-order valence-electron chi connectivity index (χ1n) is 10.1. The number of fused-ring (bicyclic) bond motifs is 4. The summed E-state index contributed by atoms with van der Waals surface area (Å²) in [4.78, 5) is 23.0. The lowest BCUT2D eigenvalue weighted by Crippen LogP contribution is -2.35. The van der Waals surface area contributed by atoms with Gasteiger partial charge in [-0.25, -0.2) is 4.98 Å². The van der Waals surface area contributed by atoms with Crippen LogP contribution in [0.3, 0.4) is 0 Å². The molecule has 0 fully saturated rings. The van der Waals surface area contributed by atoms with Crippen LogP contribution in [0.25, 0.3) is 21.1 Å². The summed E-state index contributed by atoms with van der Waals surface area (Å²) < 4.78 is 2.32. The molecule has 148 valence electrons. The molecule has 0 atom stereocenters. The molecule has 2 aromatic heterocycles. The van der Waals surface area contributed by atoms with E-state index in [1.165, 1.54) is 26.4 Å². The second kappa shape index (κ2) is 7.92. The molecule has 0 spiro atoms. The fraction of sp³-hybridized carbons (Fsp3) is 0.304. The number of aryl methyl sites for hydroxylation is 1. The number of aromatic amines is 1. The summed E-state index contributed by atoms with van der Waals surface area (Å²) in [7, 11) is 0. The Morgan fingerprint density at radius 3 is 2.97 bits per heavy atom. The van der Waals surface area contributed by atoms with E-state index in [-0.39, 0.29) is 5.91 Å². The van der Waals surface area contributed by atoms with E-state index in [9.17, 15) is 4.79 Å². The molecule has 4 nitrogen and oxygen atoms in total. The Kier molecular flexibility index (Phi) is 5.14. The normalized spacial score (nSPS) is 13.9. The Morgan fingerprint density at radius 2 is 2.07 bits per heavy atom. The first-order valence-corrected chi connectivity index (χ1v) is 11.7. The van der Waals surface area contributed by atoms with Gasteiger partial charge in [0.2, 0.25) is 5.91 Å². The lowest BCUT2D eigenvalue weighted by Gasteiger charge is -2.27. The zero-order valence-corrected chi connectivity index (χ0v) is 18.5. The molecule has 0 aliphatic carbocycles. The number of amides is 1. The number of H-pyrrole nitrogens is 1. The molecule has 6 heteroatoms. The van der Waals surface area contributed by atoms with Crippen LogP contribution in [0.2, 0.25) is 0 Å². The van der Waals surface area contributed by atoms with E-state index in [0.29, 0.717) is 13.0 Å². The highest BCUT2D eigenvalue weighted by atomic mass is 79.9. The van der Waals surface area contributed by atoms with Crippen molar-refractivity contribution in [1.29, 1.82) is 0 Å². The molecule has 0 radical (unpaired) electrons. The van der Waals surface area contributed by atoms with E-state index in [2.05, 4.69) is 57.3 Å². The van der Waals surface area contributed by atoms with Crippen LogP contribution >= 0.6 is 27.3 Å². The van der Waals surface area contributed by atoms with Crippen molar-refractivity contribution in [2.24, 2.45) is 0 Å². The summed E-state index contributed by atoms with van der Waals surface area (Å²) >= 11 is 5.39. The van der Waals surface area contributed by atoms with Crippen LogP contribution in [0.5, 0.6) is 0 Å². The number of halogens is 1. The van der Waals surface area contributed by atoms with Crippen molar-refractivity contribution in [3.05, 3.63) is 63.2 Å². The fourth-order valence-corrected chi connectivity index (χ4v) is 5.63. The van der Waals surface area contributed by atoms with Gasteiger partial charge in [0.1, 0.15) is 0 Å². The molecule has 1 amide bonds. The fourth-order valence-electron chi connectivity index (χ4n) is 4.15. The average Bonchev–Trinajstić information content (AvgIpc) is 3.32. The van der Waals surface area contributed by atoms with Crippen molar-refractivity contribution >= 4 is 54.3 Å². The third kappa shape index (κ3) is 3.71. The maximum Gasteiger partial charge on any atom is 0.222 e. The molecule has 0 saturated carbocycles. The SMILES string of the molecule is O=C(CCCCc1nc2ccccc2s1)N1CCc2[nH]c3c(Br)cccc3c2C1. The van der Waals surface area contributed by atoms with Gasteiger partial charge < -0.3 is 9.88 Å². The Bertz CT molecular complexity index is 1160. The van der Waals surface area contributed by atoms with Crippen LogP contribution in [0.1, 0.15) is 35.5 Å². The van der Waals surface area contributed by atoms with E-state index in [0.717, 1.165) is 47.7 Å². The second-order valence-corrected chi connectivity index (χ2v) is 9.56. The molecule has 3 heterocycles. The third-order valence-corrected chi connectivity index (χ3v) is 7.44. The summed E-state index contributed by atoms with van der Waals surface area (Å²) in [6.07, 6.45) is 4.38. The number of carbonyl (C=O) groups excluding carboxylic acids is 1. The first kappa shape index (κ1) is 18.8. The van der Waals surface area contributed by atoms with Gasteiger partial charge in [-0.15, -0.1) is 11.3 Å². The predicted octanol–water partition coefficient (Wildman–Crippen LogP) is 5.84.